The minimum absolute atomic E-state index is 0.0702. The van der Waals surface area contributed by atoms with E-state index in [0.29, 0.717) is 28.9 Å². The molecular weight excluding hydrogens is 306 g/mol. The van der Waals surface area contributed by atoms with E-state index in [1.165, 1.54) is 0 Å². The van der Waals surface area contributed by atoms with Gasteiger partial charge in [0.05, 0.1) is 28.9 Å². The van der Waals surface area contributed by atoms with Crippen molar-refractivity contribution in [2.75, 3.05) is 0 Å². The first-order valence-electron chi connectivity index (χ1n) is 7.90. The lowest BCUT2D eigenvalue weighted by molar-refractivity contribution is 0.0937. The Labute approximate surface area is 140 Å². The number of fused-ring (bicyclic) bond motifs is 1. The fourth-order valence-electron chi connectivity index (χ4n) is 2.86. The van der Waals surface area contributed by atoms with Gasteiger partial charge in [-0.1, -0.05) is 5.16 Å². The van der Waals surface area contributed by atoms with E-state index in [0.717, 1.165) is 17.1 Å². The molecule has 1 atom stereocenters. The summed E-state index contributed by atoms with van der Waals surface area (Å²) in [5.41, 5.74) is 4.35. The van der Waals surface area contributed by atoms with Crippen LogP contribution in [0.5, 0.6) is 0 Å². The summed E-state index contributed by atoms with van der Waals surface area (Å²) in [4.78, 5) is 17.0. The van der Waals surface area contributed by atoms with Gasteiger partial charge in [-0.25, -0.2) is 4.98 Å². The van der Waals surface area contributed by atoms with Gasteiger partial charge in [0.2, 0.25) is 0 Å². The van der Waals surface area contributed by atoms with Gasteiger partial charge in [0.15, 0.2) is 0 Å². The molecule has 0 aromatic carbocycles. The van der Waals surface area contributed by atoms with Crippen molar-refractivity contribution >= 4 is 17.0 Å². The van der Waals surface area contributed by atoms with Crippen molar-refractivity contribution in [3.8, 4) is 0 Å². The van der Waals surface area contributed by atoms with E-state index in [1.54, 1.807) is 13.0 Å². The van der Waals surface area contributed by atoms with Gasteiger partial charge >= 0.3 is 0 Å². The van der Waals surface area contributed by atoms with E-state index in [4.69, 9.17) is 4.52 Å². The number of aromatic nitrogens is 4. The van der Waals surface area contributed by atoms with Crippen molar-refractivity contribution < 1.29 is 9.32 Å². The molecule has 7 nitrogen and oxygen atoms in total. The van der Waals surface area contributed by atoms with Gasteiger partial charge in [0, 0.05) is 17.4 Å². The van der Waals surface area contributed by atoms with E-state index in [1.807, 2.05) is 38.4 Å². The first-order chi connectivity index (χ1) is 11.3. The first-order valence-corrected chi connectivity index (χ1v) is 7.90. The van der Waals surface area contributed by atoms with Crippen LogP contribution in [0, 0.1) is 27.7 Å². The lowest BCUT2D eigenvalue weighted by atomic mass is 10.1. The lowest BCUT2D eigenvalue weighted by Gasteiger charge is -2.15. The molecule has 3 aromatic heterocycles. The molecule has 0 saturated heterocycles. The third kappa shape index (κ3) is 3.02. The molecule has 1 amide bonds. The zero-order chi connectivity index (χ0) is 17.4. The molecule has 1 N–H and O–H groups in total. The minimum atomic E-state index is -0.161. The molecule has 0 aliphatic rings. The quantitative estimate of drug-likeness (QED) is 0.795. The summed E-state index contributed by atoms with van der Waals surface area (Å²) in [7, 11) is 0. The Hall–Kier alpha value is -2.70. The molecule has 0 aliphatic heterocycles. The molecule has 0 unspecified atom stereocenters. The van der Waals surface area contributed by atoms with Crippen LogP contribution in [0.2, 0.25) is 0 Å². The Morgan fingerprint density at radius 1 is 1.25 bits per heavy atom. The molecule has 0 saturated carbocycles. The zero-order valence-corrected chi connectivity index (χ0v) is 14.5. The maximum atomic E-state index is 12.7. The monoisotopic (exact) mass is 327 g/mol. The van der Waals surface area contributed by atoms with Gasteiger partial charge in [-0.2, -0.15) is 5.10 Å². The second-order valence-electron chi connectivity index (χ2n) is 6.24. The largest absolute Gasteiger partial charge is 0.348 e. The standard InChI is InChI=1S/C17H21N5O2/c1-9-7-14(15-13(5)21-24-17(15)19-9)16(23)18-11(3)8-22-12(4)6-10(2)20-22/h6-7,11H,8H2,1-5H3,(H,18,23)/t11-/m0/s1. The maximum absolute atomic E-state index is 12.7. The number of nitrogens with one attached hydrogen (secondary N) is 1. The Morgan fingerprint density at radius 2 is 2.00 bits per heavy atom. The molecule has 3 rings (SSSR count). The van der Waals surface area contributed by atoms with E-state index in [-0.39, 0.29) is 11.9 Å². The number of rotatable bonds is 4. The van der Waals surface area contributed by atoms with Crippen molar-refractivity contribution in [3.63, 3.8) is 0 Å². The van der Waals surface area contributed by atoms with Gasteiger partial charge in [-0.15, -0.1) is 0 Å². The number of nitrogens with zero attached hydrogens (tertiary/aromatic N) is 4. The highest BCUT2D eigenvalue weighted by molar-refractivity contribution is 6.06. The van der Waals surface area contributed by atoms with Gasteiger partial charge < -0.3 is 9.84 Å². The van der Waals surface area contributed by atoms with Crippen molar-refractivity contribution in [2.24, 2.45) is 0 Å². The van der Waals surface area contributed by atoms with E-state index in [2.05, 4.69) is 20.6 Å². The lowest BCUT2D eigenvalue weighted by Crippen LogP contribution is -2.36. The number of carbonyl (C=O) groups is 1. The summed E-state index contributed by atoms with van der Waals surface area (Å²) in [5.74, 6) is -0.161. The summed E-state index contributed by atoms with van der Waals surface area (Å²) in [6.45, 7) is 10.2. The summed E-state index contributed by atoms with van der Waals surface area (Å²) in [6.07, 6.45) is 0. The Kier molecular flexibility index (Phi) is 4.09. The predicted molar refractivity (Wildman–Crippen MR) is 89.9 cm³/mol. The molecule has 0 fully saturated rings. The number of amides is 1. The number of aryl methyl sites for hydroxylation is 4. The van der Waals surface area contributed by atoms with Crippen molar-refractivity contribution in [3.05, 3.63) is 40.5 Å². The van der Waals surface area contributed by atoms with Gasteiger partial charge in [0.25, 0.3) is 11.6 Å². The van der Waals surface area contributed by atoms with Gasteiger partial charge in [-0.05, 0) is 46.8 Å². The molecule has 0 spiro atoms. The van der Waals surface area contributed by atoms with Crippen LogP contribution in [0.15, 0.2) is 16.7 Å². The number of hydrogen-bond donors (Lipinski definition) is 1. The topological polar surface area (TPSA) is 85.8 Å². The summed E-state index contributed by atoms with van der Waals surface area (Å²) in [6, 6.07) is 3.71. The molecule has 0 bridgehead atoms. The van der Waals surface area contributed by atoms with Crippen LogP contribution in [-0.2, 0) is 6.54 Å². The fourth-order valence-corrected chi connectivity index (χ4v) is 2.86. The van der Waals surface area contributed by atoms with Gasteiger partial charge in [-0.3, -0.25) is 9.48 Å². The van der Waals surface area contributed by atoms with Crippen molar-refractivity contribution in [1.29, 1.82) is 0 Å². The van der Waals surface area contributed by atoms with Crippen LogP contribution in [0.25, 0.3) is 11.1 Å². The maximum Gasteiger partial charge on any atom is 0.258 e. The number of hydrogen-bond acceptors (Lipinski definition) is 5. The highest BCUT2D eigenvalue weighted by atomic mass is 16.5. The van der Waals surface area contributed by atoms with Crippen LogP contribution in [-0.4, -0.2) is 31.9 Å². The smallest absolute Gasteiger partial charge is 0.258 e. The van der Waals surface area contributed by atoms with Gasteiger partial charge in [0.1, 0.15) is 0 Å². The molecule has 7 heteroatoms. The third-order valence-corrected chi connectivity index (χ3v) is 3.92. The molecule has 0 radical (unpaired) electrons. The zero-order valence-electron chi connectivity index (χ0n) is 14.5. The normalized spacial score (nSPS) is 12.5. The van der Waals surface area contributed by atoms with Crippen LogP contribution >= 0.6 is 0 Å². The number of carbonyl (C=O) groups excluding carboxylic acids is 1. The average Bonchev–Trinajstić information content (AvgIpc) is 3.01. The molecule has 0 aliphatic carbocycles. The molecule has 3 heterocycles. The third-order valence-electron chi connectivity index (χ3n) is 3.92. The average molecular weight is 327 g/mol. The SMILES string of the molecule is Cc1cc(C(=O)N[C@@H](C)Cn2nc(C)cc2C)c2c(C)noc2n1. The highest BCUT2D eigenvalue weighted by Crippen LogP contribution is 2.21. The van der Waals surface area contributed by atoms with Crippen LogP contribution in [0.4, 0.5) is 0 Å². The second kappa shape index (κ2) is 6.07. The molecule has 24 heavy (non-hydrogen) atoms. The molecule has 3 aromatic rings. The van der Waals surface area contributed by atoms with Crippen LogP contribution in [0.3, 0.4) is 0 Å². The first kappa shape index (κ1) is 16.2. The fraction of sp³-hybridized carbons (Fsp3) is 0.412. The Bertz CT molecular complexity index is 909. The number of pyridine rings is 1. The van der Waals surface area contributed by atoms with E-state index in [9.17, 15) is 4.79 Å². The molecular formula is C17H21N5O2. The summed E-state index contributed by atoms with van der Waals surface area (Å²) < 4.78 is 7.09. The van der Waals surface area contributed by atoms with E-state index < -0.39 is 0 Å². The van der Waals surface area contributed by atoms with E-state index >= 15 is 0 Å². The summed E-state index contributed by atoms with van der Waals surface area (Å²) in [5, 5.41) is 12.0. The Balaban J connectivity index is 1.82. The van der Waals surface area contributed by atoms with Crippen LogP contribution in [0.1, 0.15) is 40.1 Å². The van der Waals surface area contributed by atoms with Crippen molar-refractivity contribution in [1.82, 2.24) is 25.2 Å². The van der Waals surface area contributed by atoms with Crippen LogP contribution < -0.4 is 5.32 Å². The predicted octanol–water partition coefficient (Wildman–Crippen LogP) is 2.47. The molecule has 126 valence electrons. The van der Waals surface area contributed by atoms with Crippen molar-refractivity contribution in [2.45, 2.75) is 47.2 Å². The summed E-state index contributed by atoms with van der Waals surface area (Å²) >= 11 is 0. The second-order valence-corrected chi connectivity index (χ2v) is 6.24. The Morgan fingerprint density at radius 3 is 2.67 bits per heavy atom. The minimum Gasteiger partial charge on any atom is -0.348 e. The highest BCUT2D eigenvalue weighted by Gasteiger charge is 2.19.